The van der Waals surface area contributed by atoms with Crippen LogP contribution in [0.4, 0.5) is 0 Å². The van der Waals surface area contributed by atoms with Gasteiger partial charge in [0.05, 0.1) is 63.7 Å². The molecule has 14 nitrogen and oxygen atoms in total. The van der Waals surface area contributed by atoms with Gasteiger partial charge in [-0.15, -0.1) is 0 Å². The maximum Gasteiger partial charge on any atom is 0.336 e. The number of hydrogen-bond acceptors (Lipinski definition) is 13. The van der Waals surface area contributed by atoms with Crippen molar-refractivity contribution in [1.82, 2.24) is 10.4 Å². The minimum Gasteiger partial charge on any atom is -0.497 e. The van der Waals surface area contributed by atoms with E-state index in [0.29, 0.717) is 56.8 Å². The number of rotatable bonds is 10. The summed E-state index contributed by atoms with van der Waals surface area (Å²) in [4.78, 5) is 42.3. The molecule has 3 heterocycles. The smallest absolute Gasteiger partial charge is 0.336 e. The Morgan fingerprint density at radius 2 is 1.50 bits per heavy atom. The average molecular weight is 745 g/mol. The Balaban J connectivity index is 1.31. The predicted molar refractivity (Wildman–Crippen MR) is 191 cm³/mol. The van der Waals surface area contributed by atoms with Crippen molar-refractivity contribution >= 4 is 17.8 Å². The number of carbonyl (C=O) groups excluding carboxylic acids is 3. The molecule has 1 unspecified atom stereocenters. The van der Waals surface area contributed by atoms with E-state index in [-0.39, 0.29) is 19.0 Å². The van der Waals surface area contributed by atoms with Gasteiger partial charge in [-0.05, 0) is 80.8 Å². The highest BCUT2D eigenvalue weighted by molar-refractivity contribution is 5.95. The molecule has 3 aliphatic heterocycles. The molecular formula is C40H44N2O12. The fraction of sp³-hybridized carbons (Fsp3) is 0.425. The predicted octanol–water partition coefficient (Wildman–Crippen LogP) is 5.01. The van der Waals surface area contributed by atoms with Gasteiger partial charge in [0.2, 0.25) is 18.6 Å². The summed E-state index contributed by atoms with van der Waals surface area (Å²) < 4.78 is 45.6. The number of amides is 1. The van der Waals surface area contributed by atoms with E-state index in [4.69, 9.17) is 37.9 Å². The standard InChI is InChI=1S/C40H44N2O12/c1-39(2)17-26(40(3,4)42(39)46)37(44)54-34(20-9-11-22(47-5)12-10-20)36(43)41-33-24-16-28-27(52-19-53-28)15-23(24)31(32-25(33)18-51-38(32)45)21-13-29(48-6)35(50-8)30(14-21)49-7/h9-17,25,31-34,46H,18-19H2,1-8H3,(H,41,43)/t25-,31+,32-,33+,34?/m0/s1. The summed E-state index contributed by atoms with van der Waals surface area (Å²) in [5.41, 5.74) is 0.657. The van der Waals surface area contributed by atoms with E-state index in [1.807, 2.05) is 12.1 Å². The van der Waals surface area contributed by atoms with Crippen LogP contribution in [0.25, 0.3) is 0 Å². The van der Waals surface area contributed by atoms with Crippen LogP contribution in [-0.4, -0.2) is 81.0 Å². The number of hydrogen-bond donors (Lipinski definition) is 2. The SMILES string of the molecule is COc1ccc(C(OC(=O)C2=CC(C)(C)N(O)C2(C)C)C(=O)N[C@@H]2c3cc4c(cc3[C@@H](c3cc(OC)c(OC)c(OC)c3)[C@H]3C(=O)OC[C@@H]32)OCO4)cc1. The third kappa shape index (κ3) is 6.02. The van der Waals surface area contributed by atoms with Gasteiger partial charge in [-0.1, -0.05) is 18.2 Å². The normalized spacial score (nSPS) is 23.6. The lowest BCUT2D eigenvalue weighted by Gasteiger charge is -2.40. The summed E-state index contributed by atoms with van der Waals surface area (Å²) in [6.45, 7) is 6.94. The first-order chi connectivity index (χ1) is 25.7. The van der Waals surface area contributed by atoms with Gasteiger partial charge in [-0.2, -0.15) is 5.06 Å². The molecular weight excluding hydrogens is 700 g/mol. The molecule has 2 N–H and O–H groups in total. The minimum atomic E-state index is -1.43. The summed E-state index contributed by atoms with van der Waals surface area (Å²) in [7, 11) is 6.07. The van der Waals surface area contributed by atoms with E-state index in [0.717, 1.165) is 5.06 Å². The van der Waals surface area contributed by atoms with Crippen molar-refractivity contribution in [3.05, 3.63) is 82.4 Å². The lowest BCUT2D eigenvalue weighted by atomic mass is 9.65. The molecule has 0 spiro atoms. The number of nitrogens with zero attached hydrogens (tertiary/aromatic N) is 1. The van der Waals surface area contributed by atoms with Gasteiger partial charge in [0.1, 0.15) is 5.75 Å². The molecule has 54 heavy (non-hydrogen) atoms. The van der Waals surface area contributed by atoms with Gasteiger partial charge < -0.3 is 48.4 Å². The van der Waals surface area contributed by atoms with Gasteiger partial charge in [0.15, 0.2) is 23.0 Å². The first kappa shape index (κ1) is 36.9. The highest BCUT2D eigenvalue weighted by Gasteiger charge is 2.54. The second kappa shape index (κ2) is 13.7. The lowest BCUT2D eigenvalue weighted by Crippen LogP contribution is -2.49. The number of benzene rings is 3. The van der Waals surface area contributed by atoms with Gasteiger partial charge >= 0.3 is 11.9 Å². The van der Waals surface area contributed by atoms with E-state index in [2.05, 4.69) is 5.32 Å². The molecule has 286 valence electrons. The molecule has 1 fully saturated rings. The molecule has 1 saturated heterocycles. The second-order valence-electron chi connectivity index (χ2n) is 14.7. The highest BCUT2D eigenvalue weighted by atomic mass is 16.7. The molecule has 1 aliphatic carbocycles. The van der Waals surface area contributed by atoms with Crippen LogP contribution in [0.1, 0.15) is 68.0 Å². The summed E-state index contributed by atoms with van der Waals surface area (Å²) in [6.07, 6.45) is 0.200. The Labute approximate surface area is 312 Å². The van der Waals surface area contributed by atoms with Crippen LogP contribution in [0.2, 0.25) is 0 Å². The first-order valence-electron chi connectivity index (χ1n) is 17.5. The van der Waals surface area contributed by atoms with Crippen molar-refractivity contribution in [2.45, 2.75) is 56.8 Å². The van der Waals surface area contributed by atoms with Gasteiger partial charge in [0.25, 0.3) is 5.91 Å². The number of methoxy groups -OCH3 is 4. The zero-order valence-electron chi connectivity index (χ0n) is 31.4. The zero-order chi connectivity index (χ0) is 38.7. The molecule has 5 atom stereocenters. The molecule has 1 amide bonds. The number of ether oxygens (including phenoxy) is 8. The largest absolute Gasteiger partial charge is 0.497 e. The summed E-state index contributed by atoms with van der Waals surface area (Å²) >= 11 is 0. The zero-order valence-corrected chi connectivity index (χ0v) is 31.4. The van der Waals surface area contributed by atoms with Gasteiger partial charge in [0, 0.05) is 17.4 Å². The van der Waals surface area contributed by atoms with Crippen LogP contribution in [0.3, 0.4) is 0 Å². The van der Waals surface area contributed by atoms with Gasteiger partial charge in [-0.3, -0.25) is 9.59 Å². The molecule has 4 aliphatic rings. The monoisotopic (exact) mass is 744 g/mol. The topological polar surface area (TPSA) is 161 Å². The van der Waals surface area contributed by atoms with E-state index >= 15 is 0 Å². The van der Waals surface area contributed by atoms with Crippen molar-refractivity contribution in [3.63, 3.8) is 0 Å². The van der Waals surface area contributed by atoms with Gasteiger partial charge in [-0.25, -0.2) is 4.79 Å². The third-order valence-corrected chi connectivity index (χ3v) is 10.9. The molecule has 0 bridgehead atoms. The Morgan fingerprint density at radius 3 is 2.06 bits per heavy atom. The van der Waals surface area contributed by atoms with Crippen LogP contribution >= 0.6 is 0 Å². The Kier molecular flexibility index (Phi) is 9.38. The van der Waals surface area contributed by atoms with Crippen LogP contribution in [0.15, 0.2) is 60.2 Å². The molecule has 0 saturated carbocycles. The number of cyclic esters (lactones) is 1. The third-order valence-electron chi connectivity index (χ3n) is 10.9. The number of carbonyl (C=O) groups is 3. The summed E-state index contributed by atoms with van der Waals surface area (Å²) in [5, 5.41) is 15.1. The molecule has 0 aromatic heterocycles. The van der Waals surface area contributed by atoms with Crippen molar-refractivity contribution in [2.75, 3.05) is 41.8 Å². The number of nitrogens with one attached hydrogen (secondary N) is 1. The number of hydroxylamine groups is 2. The summed E-state index contributed by atoms with van der Waals surface area (Å²) in [6, 6.07) is 13.1. The second-order valence-corrected chi connectivity index (χ2v) is 14.7. The Morgan fingerprint density at radius 1 is 0.870 bits per heavy atom. The Hall–Kier alpha value is -5.47. The fourth-order valence-electron chi connectivity index (χ4n) is 8.21. The fourth-order valence-corrected chi connectivity index (χ4v) is 8.21. The lowest BCUT2D eigenvalue weighted by molar-refractivity contribution is -0.188. The maximum atomic E-state index is 14.6. The molecule has 3 aromatic carbocycles. The van der Waals surface area contributed by atoms with Crippen molar-refractivity contribution in [3.8, 4) is 34.5 Å². The summed E-state index contributed by atoms with van der Waals surface area (Å²) in [5.74, 6) is -1.01. The van der Waals surface area contributed by atoms with Crippen LogP contribution in [0.5, 0.6) is 34.5 Å². The van der Waals surface area contributed by atoms with E-state index in [1.165, 1.54) is 28.4 Å². The van der Waals surface area contributed by atoms with Crippen LogP contribution < -0.4 is 33.7 Å². The molecule has 14 heteroatoms. The van der Waals surface area contributed by atoms with Crippen LogP contribution in [0, 0.1) is 11.8 Å². The maximum absolute atomic E-state index is 14.6. The van der Waals surface area contributed by atoms with Crippen LogP contribution in [-0.2, 0) is 23.9 Å². The van der Waals surface area contributed by atoms with Crippen molar-refractivity contribution in [2.24, 2.45) is 11.8 Å². The number of fused-ring (bicyclic) bond motifs is 3. The van der Waals surface area contributed by atoms with E-state index in [1.54, 1.807) is 70.2 Å². The van der Waals surface area contributed by atoms with Crippen molar-refractivity contribution < 1.29 is 57.5 Å². The minimum absolute atomic E-state index is 0.00275. The Bertz CT molecular complexity index is 2000. The first-order valence-corrected chi connectivity index (χ1v) is 17.5. The average Bonchev–Trinajstić information content (AvgIpc) is 3.83. The molecule has 3 aromatic rings. The number of esters is 2. The molecule has 7 rings (SSSR count). The van der Waals surface area contributed by atoms with E-state index < -0.39 is 58.8 Å². The quantitative estimate of drug-likeness (QED) is 0.267. The molecule has 0 radical (unpaired) electrons. The van der Waals surface area contributed by atoms with Crippen molar-refractivity contribution in [1.29, 1.82) is 0 Å². The highest BCUT2D eigenvalue weighted by Crippen LogP contribution is 2.56. The van der Waals surface area contributed by atoms with E-state index in [9.17, 15) is 19.6 Å².